The summed E-state index contributed by atoms with van der Waals surface area (Å²) in [6, 6.07) is 9.91. The SMILES string of the molecule is CCOCCCNC(=NC)NCC(C(=O)N1CCOCC1)c1ccccc1. The molecule has 0 aromatic heterocycles. The number of amides is 1. The lowest BCUT2D eigenvalue weighted by atomic mass is 9.97. The second-order valence-corrected chi connectivity index (χ2v) is 6.33. The van der Waals surface area contributed by atoms with Crippen LogP contribution in [0.25, 0.3) is 0 Å². The van der Waals surface area contributed by atoms with Crippen LogP contribution in [-0.4, -0.2) is 76.4 Å². The highest BCUT2D eigenvalue weighted by atomic mass is 16.5. The van der Waals surface area contributed by atoms with E-state index in [1.807, 2.05) is 42.2 Å². The molecule has 7 nitrogen and oxygen atoms in total. The molecule has 1 heterocycles. The molecule has 27 heavy (non-hydrogen) atoms. The van der Waals surface area contributed by atoms with Crippen molar-refractivity contribution in [2.24, 2.45) is 4.99 Å². The van der Waals surface area contributed by atoms with Gasteiger partial charge in [0.1, 0.15) is 0 Å². The number of guanidine groups is 1. The van der Waals surface area contributed by atoms with Crippen molar-refractivity contribution < 1.29 is 14.3 Å². The van der Waals surface area contributed by atoms with Crippen LogP contribution in [0.4, 0.5) is 0 Å². The summed E-state index contributed by atoms with van der Waals surface area (Å²) in [5.41, 5.74) is 1.01. The summed E-state index contributed by atoms with van der Waals surface area (Å²) in [6.45, 7) is 7.20. The zero-order valence-electron chi connectivity index (χ0n) is 16.4. The Hall–Kier alpha value is -2.12. The number of benzene rings is 1. The summed E-state index contributed by atoms with van der Waals surface area (Å²) < 4.78 is 10.7. The molecule has 1 aliphatic rings. The van der Waals surface area contributed by atoms with Crippen molar-refractivity contribution in [3.05, 3.63) is 35.9 Å². The number of aliphatic imine (C=N–C) groups is 1. The molecule has 2 rings (SSSR count). The second-order valence-electron chi connectivity index (χ2n) is 6.33. The van der Waals surface area contributed by atoms with E-state index in [1.54, 1.807) is 7.05 Å². The molecule has 1 fully saturated rings. The van der Waals surface area contributed by atoms with E-state index in [4.69, 9.17) is 9.47 Å². The molecule has 2 N–H and O–H groups in total. The van der Waals surface area contributed by atoms with E-state index in [0.717, 1.165) is 31.7 Å². The Kier molecular flexibility index (Phi) is 9.65. The van der Waals surface area contributed by atoms with Crippen molar-refractivity contribution in [3.8, 4) is 0 Å². The van der Waals surface area contributed by atoms with Gasteiger partial charge >= 0.3 is 0 Å². The van der Waals surface area contributed by atoms with Crippen LogP contribution in [-0.2, 0) is 14.3 Å². The molecule has 150 valence electrons. The molecular formula is C20H32N4O3. The Labute approximate surface area is 162 Å². The predicted octanol–water partition coefficient (Wildman–Crippen LogP) is 1.22. The number of hydrogen-bond donors (Lipinski definition) is 2. The van der Waals surface area contributed by atoms with Crippen molar-refractivity contribution >= 4 is 11.9 Å². The fourth-order valence-electron chi connectivity index (χ4n) is 2.98. The van der Waals surface area contributed by atoms with Gasteiger partial charge in [0.05, 0.1) is 19.1 Å². The van der Waals surface area contributed by atoms with E-state index in [2.05, 4.69) is 15.6 Å². The van der Waals surface area contributed by atoms with Crippen molar-refractivity contribution in [1.29, 1.82) is 0 Å². The molecule has 1 unspecified atom stereocenters. The highest BCUT2D eigenvalue weighted by Gasteiger charge is 2.27. The molecular weight excluding hydrogens is 344 g/mol. The third-order valence-corrected chi connectivity index (χ3v) is 4.48. The first-order chi connectivity index (χ1) is 13.3. The van der Waals surface area contributed by atoms with E-state index < -0.39 is 0 Å². The third-order valence-electron chi connectivity index (χ3n) is 4.48. The van der Waals surface area contributed by atoms with Crippen LogP contribution in [0.5, 0.6) is 0 Å². The summed E-state index contributed by atoms with van der Waals surface area (Å²) in [5.74, 6) is 0.567. The molecule has 0 aliphatic carbocycles. The number of rotatable bonds is 9. The maximum Gasteiger partial charge on any atom is 0.232 e. The Morgan fingerprint density at radius 1 is 1.26 bits per heavy atom. The molecule has 0 radical (unpaired) electrons. The van der Waals surface area contributed by atoms with Gasteiger partial charge in [-0.05, 0) is 18.9 Å². The monoisotopic (exact) mass is 376 g/mol. The number of nitrogens with zero attached hydrogens (tertiary/aromatic N) is 2. The smallest absolute Gasteiger partial charge is 0.232 e. The van der Waals surface area contributed by atoms with E-state index in [9.17, 15) is 4.79 Å². The first-order valence-electron chi connectivity index (χ1n) is 9.70. The standard InChI is InChI=1S/C20H32N4O3/c1-3-26-13-7-10-22-20(21-2)23-16-18(17-8-5-4-6-9-17)19(25)24-11-14-27-15-12-24/h4-6,8-9,18H,3,7,10-16H2,1-2H3,(H2,21,22,23). The lowest BCUT2D eigenvalue weighted by molar-refractivity contribution is -0.136. The van der Waals surface area contributed by atoms with Gasteiger partial charge in [0, 0.05) is 46.4 Å². The number of ether oxygens (including phenoxy) is 2. The number of nitrogens with one attached hydrogen (secondary N) is 2. The number of hydrogen-bond acceptors (Lipinski definition) is 4. The molecule has 1 amide bonds. The average Bonchev–Trinajstić information content (AvgIpc) is 2.73. The van der Waals surface area contributed by atoms with Gasteiger partial charge in [0.15, 0.2) is 5.96 Å². The van der Waals surface area contributed by atoms with Gasteiger partial charge in [-0.15, -0.1) is 0 Å². The first kappa shape index (κ1) is 21.2. The fraction of sp³-hybridized carbons (Fsp3) is 0.600. The van der Waals surface area contributed by atoms with E-state index >= 15 is 0 Å². The highest BCUT2D eigenvalue weighted by Crippen LogP contribution is 2.18. The minimum absolute atomic E-state index is 0.129. The Morgan fingerprint density at radius 2 is 2.00 bits per heavy atom. The first-order valence-corrected chi connectivity index (χ1v) is 9.70. The quantitative estimate of drug-likeness (QED) is 0.385. The molecule has 1 aromatic rings. The van der Waals surface area contributed by atoms with Gasteiger partial charge in [-0.25, -0.2) is 0 Å². The van der Waals surface area contributed by atoms with Gasteiger partial charge in [0.2, 0.25) is 5.91 Å². The maximum atomic E-state index is 13.1. The summed E-state index contributed by atoms with van der Waals surface area (Å²) in [6.07, 6.45) is 0.906. The van der Waals surface area contributed by atoms with Crippen LogP contribution in [0.15, 0.2) is 35.3 Å². The fourth-order valence-corrected chi connectivity index (χ4v) is 2.98. The van der Waals surface area contributed by atoms with Gasteiger partial charge in [-0.2, -0.15) is 0 Å². The summed E-state index contributed by atoms with van der Waals surface area (Å²) >= 11 is 0. The van der Waals surface area contributed by atoms with Crippen LogP contribution in [0.3, 0.4) is 0 Å². The molecule has 0 bridgehead atoms. The molecule has 0 spiro atoms. The van der Waals surface area contributed by atoms with Gasteiger partial charge < -0.3 is 25.0 Å². The number of carbonyl (C=O) groups excluding carboxylic acids is 1. The molecule has 1 aromatic carbocycles. The number of carbonyl (C=O) groups is 1. The van der Waals surface area contributed by atoms with Crippen molar-refractivity contribution in [2.75, 3.05) is 59.7 Å². The zero-order valence-corrected chi connectivity index (χ0v) is 16.4. The van der Waals surface area contributed by atoms with Crippen molar-refractivity contribution in [3.63, 3.8) is 0 Å². The molecule has 1 atom stereocenters. The van der Waals surface area contributed by atoms with Gasteiger partial charge in [-0.1, -0.05) is 30.3 Å². The molecule has 1 saturated heterocycles. The van der Waals surface area contributed by atoms with Crippen LogP contribution in [0, 0.1) is 0 Å². The van der Waals surface area contributed by atoms with E-state index in [0.29, 0.717) is 38.8 Å². The summed E-state index contributed by atoms with van der Waals surface area (Å²) in [7, 11) is 1.74. The third kappa shape index (κ3) is 7.19. The average molecular weight is 377 g/mol. The Bertz CT molecular complexity index is 574. The summed E-state index contributed by atoms with van der Waals surface area (Å²) in [5, 5.41) is 6.57. The van der Waals surface area contributed by atoms with Crippen LogP contribution in [0.2, 0.25) is 0 Å². The van der Waals surface area contributed by atoms with Crippen molar-refractivity contribution in [2.45, 2.75) is 19.3 Å². The van der Waals surface area contributed by atoms with Gasteiger partial charge in [-0.3, -0.25) is 9.79 Å². The van der Waals surface area contributed by atoms with Gasteiger partial charge in [0.25, 0.3) is 0 Å². The lowest BCUT2D eigenvalue weighted by Gasteiger charge is -2.31. The molecule has 0 saturated carbocycles. The normalized spacial score (nSPS) is 16.1. The van der Waals surface area contributed by atoms with Crippen LogP contribution < -0.4 is 10.6 Å². The Balaban J connectivity index is 1.94. The minimum Gasteiger partial charge on any atom is -0.382 e. The lowest BCUT2D eigenvalue weighted by Crippen LogP contribution is -2.47. The van der Waals surface area contributed by atoms with E-state index in [-0.39, 0.29) is 11.8 Å². The minimum atomic E-state index is -0.258. The molecule has 7 heteroatoms. The summed E-state index contributed by atoms with van der Waals surface area (Å²) in [4.78, 5) is 19.2. The topological polar surface area (TPSA) is 75.2 Å². The number of morpholine rings is 1. The van der Waals surface area contributed by atoms with Crippen LogP contribution in [0.1, 0.15) is 24.8 Å². The van der Waals surface area contributed by atoms with E-state index in [1.165, 1.54) is 0 Å². The highest BCUT2D eigenvalue weighted by molar-refractivity contribution is 5.86. The predicted molar refractivity (Wildman–Crippen MR) is 107 cm³/mol. The molecule has 1 aliphatic heterocycles. The Morgan fingerprint density at radius 3 is 2.67 bits per heavy atom. The zero-order chi connectivity index (χ0) is 19.3. The van der Waals surface area contributed by atoms with Crippen LogP contribution >= 0.6 is 0 Å². The largest absolute Gasteiger partial charge is 0.382 e. The maximum absolute atomic E-state index is 13.1. The van der Waals surface area contributed by atoms with Crippen molar-refractivity contribution in [1.82, 2.24) is 15.5 Å². The second kappa shape index (κ2) is 12.3.